The van der Waals surface area contributed by atoms with E-state index in [1.54, 1.807) is 12.0 Å². The Kier molecular flexibility index (Phi) is 6.31. The van der Waals surface area contributed by atoms with Crippen molar-refractivity contribution >= 4 is 5.91 Å². The molecule has 7 nitrogen and oxygen atoms in total. The van der Waals surface area contributed by atoms with Crippen LogP contribution in [0.3, 0.4) is 0 Å². The van der Waals surface area contributed by atoms with Crippen LogP contribution in [0.15, 0.2) is 28.8 Å². The van der Waals surface area contributed by atoms with Crippen LogP contribution < -0.4 is 4.74 Å². The van der Waals surface area contributed by atoms with Crippen LogP contribution in [-0.4, -0.2) is 59.6 Å². The van der Waals surface area contributed by atoms with Gasteiger partial charge in [-0.2, -0.15) is 4.98 Å². The topological polar surface area (TPSA) is 71.7 Å². The molecule has 24 heavy (non-hydrogen) atoms. The molecule has 0 saturated heterocycles. The number of likely N-dealkylation sites (N-methyl/N-ethyl adjacent to an activating group) is 2. The molecule has 1 aromatic heterocycles. The molecule has 0 unspecified atom stereocenters. The van der Waals surface area contributed by atoms with E-state index in [2.05, 4.69) is 10.1 Å². The number of methoxy groups -OCH3 is 1. The third-order valence-electron chi connectivity index (χ3n) is 3.72. The van der Waals surface area contributed by atoms with E-state index in [1.165, 1.54) is 0 Å². The van der Waals surface area contributed by atoms with Crippen molar-refractivity contribution < 1.29 is 14.1 Å². The zero-order chi connectivity index (χ0) is 17.5. The lowest BCUT2D eigenvalue weighted by Crippen LogP contribution is -2.38. The van der Waals surface area contributed by atoms with Gasteiger partial charge in [0.2, 0.25) is 17.6 Å². The summed E-state index contributed by atoms with van der Waals surface area (Å²) in [5.74, 6) is 1.81. The quantitative estimate of drug-likeness (QED) is 0.737. The molecule has 7 heteroatoms. The van der Waals surface area contributed by atoms with Crippen molar-refractivity contribution in [1.82, 2.24) is 19.9 Å². The summed E-state index contributed by atoms with van der Waals surface area (Å²) in [6, 6.07) is 7.48. The Morgan fingerprint density at radius 1 is 1.29 bits per heavy atom. The first-order valence-electron chi connectivity index (χ1n) is 8.00. The number of ether oxygens (including phenoxy) is 1. The third kappa shape index (κ3) is 4.55. The summed E-state index contributed by atoms with van der Waals surface area (Å²) >= 11 is 0. The largest absolute Gasteiger partial charge is 0.497 e. The van der Waals surface area contributed by atoms with Crippen LogP contribution in [0, 0.1) is 0 Å². The van der Waals surface area contributed by atoms with Gasteiger partial charge >= 0.3 is 0 Å². The highest BCUT2D eigenvalue weighted by Crippen LogP contribution is 2.21. The molecule has 0 bridgehead atoms. The van der Waals surface area contributed by atoms with Gasteiger partial charge in [0.1, 0.15) is 5.75 Å². The Labute approximate surface area is 142 Å². The first kappa shape index (κ1) is 17.9. The van der Waals surface area contributed by atoms with E-state index >= 15 is 0 Å². The smallest absolute Gasteiger partial charge is 0.241 e. The molecule has 0 fully saturated rings. The molecular weight excluding hydrogens is 308 g/mol. The van der Waals surface area contributed by atoms with Gasteiger partial charge in [0.15, 0.2) is 0 Å². The van der Waals surface area contributed by atoms with Crippen LogP contribution >= 0.6 is 0 Å². The summed E-state index contributed by atoms with van der Waals surface area (Å²) in [7, 11) is 3.47. The lowest BCUT2D eigenvalue weighted by atomic mass is 10.2. The molecule has 2 aromatic rings. The zero-order valence-electron chi connectivity index (χ0n) is 14.7. The van der Waals surface area contributed by atoms with E-state index in [-0.39, 0.29) is 5.91 Å². The number of hydrogen-bond acceptors (Lipinski definition) is 6. The fourth-order valence-corrected chi connectivity index (χ4v) is 2.39. The Morgan fingerprint density at radius 2 is 2.04 bits per heavy atom. The maximum absolute atomic E-state index is 12.1. The Bertz CT molecular complexity index is 667. The van der Waals surface area contributed by atoms with Crippen molar-refractivity contribution in [3.05, 3.63) is 30.2 Å². The highest BCUT2D eigenvalue weighted by Gasteiger charge is 2.15. The minimum atomic E-state index is 0.0926. The van der Waals surface area contributed by atoms with E-state index in [0.29, 0.717) is 37.9 Å². The fraction of sp³-hybridized carbons (Fsp3) is 0.471. The Hall–Kier alpha value is -2.41. The lowest BCUT2D eigenvalue weighted by molar-refractivity contribution is -0.131. The molecule has 0 aliphatic heterocycles. The van der Waals surface area contributed by atoms with Gasteiger partial charge in [0.25, 0.3) is 0 Å². The van der Waals surface area contributed by atoms with E-state index in [1.807, 2.05) is 50.1 Å². The standard InChI is InChI=1S/C17H24N4O3/c1-5-21(6-2)16(22)12-20(3)11-15-18-17(19-24-15)13-8-7-9-14(10-13)23-4/h7-10H,5-6,11-12H2,1-4H3. The highest BCUT2D eigenvalue weighted by molar-refractivity contribution is 5.78. The van der Waals surface area contributed by atoms with Crippen molar-refractivity contribution in [3.63, 3.8) is 0 Å². The van der Waals surface area contributed by atoms with Gasteiger partial charge in [-0.05, 0) is 33.0 Å². The summed E-state index contributed by atoms with van der Waals surface area (Å²) in [4.78, 5) is 20.2. The van der Waals surface area contributed by atoms with Crippen LogP contribution in [0.5, 0.6) is 5.75 Å². The van der Waals surface area contributed by atoms with Crippen LogP contribution in [0.1, 0.15) is 19.7 Å². The van der Waals surface area contributed by atoms with Crippen molar-refractivity contribution in [1.29, 1.82) is 0 Å². The number of nitrogens with zero attached hydrogens (tertiary/aromatic N) is 4. The normalized spacial score (nSPS) is 10.9. The molecular formula is C17H24N4O3. The van der Waals surface area contributed by atoms with Gasteiger partial charge in [0, 0.05) is 18.7 Å². The fourth-order valence-electron chi connectivity index (χ4n) is 2.39. The van der Waals surface area contributed by atoms with Gasteiger partial charge in [-0.1, -0.05) is 17.3 Å². The number of rotatable bonds is 8. The first-order valence-corrected chi connectivity index (χ1v) is 8.00. The highest BCUT2D eigenvalue weighted by atomic mass is 16.5. The molecule has 0 atom stereocenters. The molecule has 1 heterocycles. The molecule has 0 spiro atoms. The Morgan fingerprint density at radius 3 is 2.71 bits per heavy atom. The first-order chi connectivity index (χ1) is 11.6. The van der Waals surface area contributed by atoms with Gasteiger partial charge in [0.05, 0.1) is 20.2 Å². The predicted molar refractivity (Wildman–Crippen MR) is 90.5 cm³/mol. The summed E-state index contributed by atoms with van der Waals surface area (Å²) in [6.45, 7) is 6.11. The summed E-state index contributed by atoms with van der Waals surface area (Å²) in [5.41, 5.74) is 0.825. The second kappa shape index (κ2) is 8.44. The molecule has 0 aliphatic rings. The summed E-state index contributed by atoms with van der Waals surface area (Å²) in [6.07, 6.45) is 0. The van der Waals surface area contributed by atoms with E-state index in [4.69, 9.17) is 9.26 Å². The molecule has 0 N–H and O–H groups in total. The number of hydrogen-bond donors (Lipinski definition) is 0. The van der Waals surface area contributed by atoms with Crippen LogP contribution in [-0.2, 0) is 11.3 Å². The van der Waals surface area contributed by atoms with Gasteiger partial charge < -0.3 is 14.2 Å². The molecule has 0 radical (unpaired) electrons. The molecule has 2 rings (SSSR count). The second-order valence-corrected chi connectivity index (χ2v) is 5.48. The monoisotopic (exact) mass is 332 g/mol. The minimum Gasteiger partial charge on any atom is -0.497 e. The number of carbonyl (C=O) groups is 1. The average molecular weight is 332 g/mol. The molecule has 130 valence electrons. The van der Waals surface area contributed by atoms with Crippen molar-refractivity contribution in [2.24, 2.45) is 0 Å². The van der Waals surface area contributed by atoms with Crippen LogP contribution in [0.2, 0.25) is 0 Å². The van der Waals surface area contributed by atoms with E-state index in [0.717, 1.165) is 11.3 Å². The molecule has 1 aromatic carbocycles. The lowest BCUT2D eigenvalue weighted by Gasteiger charge is -2.22. The SMILES string of the molecule is CCN(CC)C(=O)CN(C)Cc1nc(-c2cccc(OC)c2)no1. The predicted octanol–water partition coefficient (Wildman–Crippen LogP) is 2.05. The van der Waals surface area contributed by atoms with Crippen molar-refractivity contribution in [2.45, 2.75) is 20.4 Å². The molecule has 0 aliphatic carbocycles. The zero-order valence-corrected chi connectivity index (χ0v) is 14.7. The number of benzene rings is 1. The minimum absolute atomic E-state index is 0.0926. The molecule has 0 saturated carbocycles. The average Bonchev–Trinajstić information content (AvgIpc) is 3.04. The van der Waals surface area contributed by atoms with E-state index < -0.39 is 0 Å². The maximum atomic E-state index is 12.1. The van der Waals surface area contributed by atoms with Crippen molar-refractivity contribution in [2.75, 3.05) is 33.8 Å². The van der Waals surface area contributed by atoms with Gasteiger partial charge in [-0.25, -0.2) is 0 Å². The number of aromatic nitrogens is 2. The molecule has 1 amide bonds. The van der Waals surface area contributed by atoms with E-state index in [9.17, 15) is 4.79 Å². The van der Waals surface area contributed by atoms with Crippen LogP contribution in [0.25, 0.3) is 11.4 Å². The van der Waals surface area contributed by atoms with Crippen LogP contribution in [0.4, 0.5) is 0 Å². The summed E-state index contributed by atoms with van der Waals surface area (Å²) in [5, 5.41) is 4.00. The maximum Gasteiger partial charge on any atom is 0.241 e. The second-order valence-electron chi connectivity index (χ2n) is 5.48. The third-order valence-corrected chi connectivity index (χ3v) is 3.72. The van der Waals surface area contributed by atoms with Gasteiger partial charge in [-0.3, -0.25) is 9.69 Å². The van der Waals surface area contributed by atoms with Gasteiger partial charge in [-0.15, -0.1) is 0 Å². The number of amides is 1. The Balaban J connectivity index is 1.99. The summed E-state index contributed by atoms with van der Waals surface area (Å²) < 4.78 is 10.5. The number of carbonyl (C=O) groups excluding carboxylic acids is 1. The van der Waals surface area contributed by atoms with Crippen molar-refractivity contribution in [3.8, 4) is 17.1 Å².